The highest BCUT2D eigenvalue weighted by Crippen LogP contribution is 2.26. The molecular weight excluding hydrogens is 405 g/mol. The largest absolute Gasteiger partial charge is 0.358 e. The number of aryl methyl sites for hydroxylation is 1. The summed E-state index contributed by atoms with van der Waals surface area (Å²) in [5, 5.41) is 3.95. The summed E-state index contributed by atoms with van der Waals surface area (Å²) in [6.07, 6.45) is 3.15. The van der Waals surface area contributed by atoms with Crippen molar-refractivity contribution in [3.05, 3.63) is 64.1 Å². The molecule has 2 amide bonds. The SMILES string of the molecule is Cc1[nH]c2ccc(F)cc2c1CC(=O)Nc1cc(Cl)ccc1C(=O)N1CCCCC1. The lowest BCUT2D eigenvalue weighted by Crippen LogP contribution is -2.36. The van der Waals surface area contributed by atoms with Gasteiger partial charge in [0.1, 0.15) is 5.82 Å². The number of aromatic nitrogens is 1. The van der Waals surface area contributed by atoms with Gasteiger partial charge in [0.05, 0.1) is 17.7 Å². The first-order chi connectivity index (χ1) is 14.4. The minimum Gasteiger partial charge on any atom is -0.358 e. The molecule has 0 unspecified atom stereocenters. The van der Waals surface area contributed by atoms with Crippen LogP contribution in [0.25, 0.3) is 10.9 Å². The molecule has 0 atom stereocenters. The molecule has 0 spiro atoms. The monoisotopic (exact) mass is 427 g/mol. The Morgan fingerprint density at radius 3 is 2.67 bits per heavy atom. The number of carbonyl (C=O) groups excluding carboxylic acids is 2. The van der Waals surface area contributed by atoms with Crippen LogP contribution in [0.1, 0.15) is 40.9 Å². The van der Waals surface area contributed by atoms with E-state index in [9.17, 15) is 14.0 Å². The summed E-state index contributed by atoms with van der Waals surface area (Å²) < 4.78 is 13.7. The average Bonchev–Trinajstić information content (AvgIpc) is 3.03. The second-order valence-corrected chi connectivity index (χ2v) is 8.12. The fourth-order valence-electron chi connectivity index (χ4n) is 4.01. The lowest BCUT2D eigenvalue weighted by Gasteiger charge is -2.27. The first-order valence-corrected chi connectivity index (χ1v) is 10.5. The molecule has 4 rings (SSSR count). The van der Waals surface area contributed by atoms with Crippen LogP contribution in [-0.2, 0) is 11.2 Å². The van der Waals surface area contributed by atoms with Crippen LogP contribution < -0.4 is 5.32 Å². The highest BCUT2D eigenvalue weighted by molar-refractivity contribution is 6.31. The molecule has 156 valence electrons. The summed E-state index contributed by atoms with van der Waals surface area (Å²) in [4.78, 5) is 30.8. The quantitative estimate of drug-likeness (QED) is 0.610. The van der Waals surface area contributed by atoms with Crippen molar-refractivity contribution in [1.82, 2.24) is 9.88 Å². The molecule has 5 nitrogen and oxygen atoms in total. The number of H-pyrrole nitrogens is 1. The van der Waals surface area contributed by atoms with Crippen molar-refractivity contribution in [2.75, 3.05) is 18.4 Å². The Hall–Kier alpha value is -2.86. The first kappa shape index (κ1) is 20.4. The van der Waals surface area contributed by atoms with E-state index in [0.717, 1.165) is 49.1 Å². The van der Waals surface area contributed by atoms with Gasteiger partial charge in [0.25, 0.3) is 5.91 Å². The maximum absolute atomic E-state index is 13.7. The van der Waals surface area contributed by atoms with Crippen molar-refractivity contribution in [2.24, 2.45) is 0 Å². The number of carbonyl (C=O) groups is 2. The predicted octanol–water partition coefficient (Wildman–Crippen LogP) is 5.08. The van der Waals surface area contributed by atoms with Crippen molar-refractivity contribution in [3.63, 3.8) is 0 Å². The zero-order valence-corrected chi connectivity index (χ0v) is 17.5. The van der Waals surface area contributed by atoms with Crippen LogP contribution in [0.5, 0.6) is 0 Å². The molecule has 1 aliphatic heterocycles. The van der Waals surface area contributed by atoms with E-state index >= 15 is 0 Å². The van der Waals surface area contributed by atoms with Gasteiger partial charge in [-0.25, -0.2) is 4.39 Å². The number of amides is 2. The van der Waals surface area contributed by atoms with Crippen molar-refractivity contribution in [2.45, 2.75) is 32.6 Å². The van der Waals surface area contributed by atoms with E-state index in [4.69, 9.17) is 11.6 Å². The van der Waals surface area contributed by atoms with Crippen LogP contribution >= 0.6 is 11.6 Å². The van der Waals surface area contributed by atoms with Crippen molar-refractivity contribution in [3.8, 4) is 0 Å². The summed E-state index contributed by atoms with van der Waals surface area (Å²) in [6, 6.07) is 9.37. The van der Waals surface area contributed by atoms with E-state index in [1.54, 1.807) is 24.3 Å². The molecule has 2 heterocycles. The predicted molar refractivity (Wildman–Crippen MR) is 117 cm³/mol. The lowest BCUT2D eigenvalue weighted by atomic mass is 10.1. The number of benzene rings is 2. The molecule has 0 bridgehead atoms. The molecule has 1 aliphatic rings. The van der Waals surface area contributed by atoms with Crippen LogP contribution in [0.2, 0.25) is 5.02 Å². The first-order valence-electron chi connectivity index (χ1n) is 10.1. The number of fused-ring (bicyclic) bond motifs is 1. The van der Waals surface area contributed by atoms with Gasteiger partial charge in [0.15, 0.2) is 0 Å². The maximum Gasteiger partial charge on any atom is 0.255 e. The summed E-state index contributed by atoms with van der Waals surface area (Å²) in [7, 11) is 0. The number of halogens is 2. The van der Waals surface area contributed by atoms with E-state index in [2.05, 4.69) is 10.3 Å². The Labute approximate surface area is 179 Å². The van der Waals surface area contributed by atoms with Gasteiger partial charge in [0.2, 0.25) is 5.91 Å². The Bertz CT molecular complexity index is 1120. The molecule has 30 heavy (non-hydrogen) atoms. The number of aromatic amines is 1. The van der Waals surface area contributed by atoms with Gasteiger partial charge in [-0.2, -0.15) is 0 Å². The van der Waals surface area contributed by atoms with Crippen LogP contribution in [0.3, 0.4) is 0 Å². The molecule has 2 aromatic carbocycles. The van der Waals surface area contributed by atoms with Gasteiger partial charge in [-0.1, -0.05) is 11.6 Å². The highest BCUT2D eigenvalue weighted by atomic mass is 35.5. The van der Waals surface area contributed by atoms with Gasteiger partial charge in [-0.05, 0) is 68.1 Å². The second kappa shape index (κ2) is 8.48. The fraction of sp³-hybridized carbons (Fsp3) is 0.304. The molecular formula is C23H23ClFN3O2. The number of anilines is 1. The van der Waals surface area contributed by atoms with E-state index < -0.39 is 0 Å². The Kier molecular flexibility index (Phi) is 5.77. The third-order valence-electron chi connectivity index (χ3n) is 5.55. The standard InChI is InChI=1S/C23H23ClFN3O2/c1-14-18(19-12-16(25)6-8-20(19)26-14)13-22(29)27-21-11-15(24)5-7-17(21)23(30)28-9-3-2-4-10-28/h5-8,11-12,26H,2-4,9-10,13H2,1H3,(H,27,29). The number of likely N-dealkylation sites (tertiary alicyclic amines) is 1. The van der Waals surface area contributed by atoms with E-state index in [-0.39, 0.29) is 24.1 Å². The zero-order valence-electron chi connectivity index (χ0n) is 16.7. The third-order valence-corrected chi connectivity index (χ3v) is 5.78. The van der Waals surface area contributed by atoms with Crippen molar-refractivity contribution < 1.29 is 14.0 Å². The second-order valence-electron chi connectivity index (χ2n) is 7.69. The average molecular weight is 428 g/mol. The van der Waals surface area contributed by atoms with Gasteiger partial charge in [0, 0.05) is 34.7 Å². The molecule has 7 heteroatoms. The van der Waals surface area contributed by atoms with Gasteiger partial charge in [-0.15, -0.1) is 0 Å². The minimum absolute atomic E-state index is 0.0547. The molecule has 3 aromatic rings. The van der Waals surface area contributed by atoms with Crippen molar-refractivity contribution in [1.29, 1.82) is 0 Å². The van der Waals surface area contributed by atoms with Crippen LogP contribution in [0, 0.1) is 12.7 Å². The van der Waals surface area contributed by atoms with Gasteiger partial charge in [-0.3, -0.25) is 9.59 Å². The highest BCUT2D eigenvalue weighted by Gasteiger charge is 2.22. The van der Waals surface area contributed by atoms with E-state index in [1.165, 1.54) is 12.1 Å². The van der Waals surface area contributed by atoms with E-state index in [0.29, 0.717) is 21.7 Å². The molecule has 0 radical (unpaired) electrons. The topological polar surface area (TPSA) is 65.2 Å². The molecule has 1 fully saturated rings. The normalized spacial score (nSPS) is 14.2. The summed E-state index contributed by atoms with van der Waals surface area (Å²) in [6.45, 7) is 3.29. The zero-order chi connectivity index (χ0) is 21.3. The Morgan fingerprint density at radius 2 is 1.90 bits per heavy atom. The summed E-state index contributed by atoms with van der Waals surface area (Å²) in [5.41, 5.74) is 3.14. The van der Waals surface area contributed by atoms with Gasteiger partial charge < -0.3 is 15.2 Å². The number of hydrogen-bond acceptors (Lipinski definition) is 2. The number of nitrogens with zero attached hydrogens (tertiary/aromatic N) is 1. The molecule has 0 saturated carbocycles. The number of hydrogen-bond donors (Lipinski definition) is 2. The molecule has 0 aliphatic carbocycles. The molecule has 1 saturated heterocycles. The third kappa shape index (κ3) is 4.19. The maximum atomic E-state index is 13.7. The Balaban J connectivity index is 1.58. The summed E-state index contributed by atoms with van der Waals surface area (Å²) >= 11 is 6.13. The summed E-state index contributed by atoms with van der Waals surface area (Å²) in [5.74, 6) is -0.752. The van der Waals surface area contributed by atoms with Crippen LogP contribution in [0.4, 0.5) is 10.1 Å². The lowest BCUT2D eigenvalue weighted by molar-refractivity contribution is -0.115. The molecule has 1 aromatic heterocycles. The van der Waals surface area contributed by atoms with E-state index in [1.807, 2.05) is 11.8 Å². The smallest absolute Gasteiger partial charge is 0.255 e. The van der Waals surface area contributed by atoms with Gasteiger partial charge >= 0.3 is 0 Å². The number of nitrogens with one attached hydrogen (secondary N) is 2. The van der Waals surface area contributed by atoms with Crippen LogP contribution in [-0.4, -0.2) is 34.8 Å². The molecule has 2 N–H and O–H groups in total. The minimum atomic E-state index is -0.354. The van der Waals surface area contributed by atoms with Crippen molar-refractivity contribution >= 4 is 40.0 Å². The fourth-order valence-corrected chi connectivity index (χ4v) is 4.18. The number of rotatable bonds is 4. The number of piperidine rings is 1. The van der Waals surface area contributed by atoms with Crippen LogP contribution in [0.15, 0.2) is 36.4 Å². The Morgan fingerprint density at radius 1 is 1.13 bits per heavy atom.